The van der Waals surface area contributed by atoms with Crippen LogP contribution in [0.25, 0.3) is 5.69 Å². The number of ether oxygens (including phenoxy) is 1. The first kappa shape index (κ1) is 27.1. The first-order chi connectivity index (χ1) is 16.0. The van der Waals surface area contributed by atoms with E-state index < -0.39 is 5.97 Å². The maximum atomic E-state index is 13.0. The van der Waals surface area contributed by atoms with Crippen LogP contribution in [0.4, 0.5) is 5.82 Å². The van der Waals surface area contributed by atoms with Crippen molar-refractivity contribution in [1.82, 2.24) is 14.7 Å². The quantitative estimate of drug-likeness (QED) is 0.523. The molecule has 0 saturated carbocycles. The van der Waals surface area contributed by atoms with Crippen molar-refractivity contribution in [3.63, 3.8) is 0 Å². The second-order valence-corrected chi connectivity index (χ2v) is 9.46. The predicted molar refractivity (Wildman–Crippen MR) is 133 cm³/mol. The molecule has 8 nitrogen and oxygen atoms in total. The van der Waals surface area contributed by atoms with Crippen LogP contribution in [0.5, 0.6) is 0 Å². The second kappa shape index (κ2) is 11.8. The van der Waals surface area contributed by atoms with Gasteiger partial charge in [0.25, 0.3) is 0 Å². The molecule has 186 valence electrons. The summed E-state index contributed by atoms with van der Waals surface area (Å²) in [5, 5.41) is 7.75. The smallest absolute Gasteiger partial charge is 0.306 e. The van der Waals surface area contributed by atoms with Gasteiger partial charge in [-0.15, -0.1) is 0 Å². The molecule has 0 aliphatic rings. The molecule has 0 spiro atoms. The molecule has 0 unspecified atom stereocenters. The zero-order valence-corrected chi connectivity index (χ0v) is 21.5. The van der Waals surface area contributed by atoms with Gasteiger partial charge in [-0.25, -0.2) is 4.68 Å². The van der Waals surface area contributed by atoms with Crippen LogP contribution in [0, 0.1) is 13.8 Å². The van der Waals surface area contributed by atoms with Gasteiger partial charge in [0.1, 0.15) is 5.82 Å². The van der Waals surface area contributed by atoms with Crippen LogP contribution in [0.15, 0.2) is 24.3 Å². The molecular weight excluding hydrogens is 432 g/mol. The van der Waals surface area contributed by atoms with Gasteiger partial charge in [-0.3, -0.25) is 14.4 Å². The van der Waals surface area contributed by atoms with E-state index in [0.29, 0.717) is 18.8 Å². The number of carbonyl (C=O) groups excluding carboxylic acids is 3. The van der Waals surface area contributed by atoms with Gasteiger partial charge in [-0.05, 0) is 44.4 Å². The monoisotopic (exact) mass is 470 g/mol. The van der Waals surface area contributed by atoms with E-state index in [9.17, 15) is 14.4 Å². The maximum Gasteiger partial charge on any atom is 0.306 e. The van der Waals surface area contributed by atoms with Gasteiger partial charge in [0.2, 0.25) is 11.8 Å². The first-order valence-corrected chi connectivity index (χ1v) is 11.9. The molecule has 0 radical (unpaired) electrons. The molecule has 0 aliphatic carbocycles. The van der Waals surface area contributed by atoms with Crippen LogP contribution in [0.2, 0.25) is 0 Å². The highest BCUT2D eigenvalue weighted by Gasteiger charge is 2.24. The van der Waals surface area contributed by atoms with Crippen molar-refractivity contribution < 1.29 is 19.1 Å². The number of nitrogens with one attached hydrogen (secondary N) is 1. The summed E-state index contributed by atoms with van der Waals surface area (Å²) in [6.45, 7) is 14.5. The van der Waals surface area contributed by atoms with Gasteiger partial charge in [0, 0.05) is 24.4 Å². The lowest BCUT2D eigenvalue weighted by atomic mass is 9.92. The van der Waals surface area contributed by atoms with Crippen LogP contribution in [0.3, 0.4) is 0 Å². The summed E-state index contributed by atoms with van der Waals surface area (Å²) in [6, 6.07) is 7.86. The molecule has 1 aromatic heterocycles. The standard InChI is InChI=1S/C26H38N4O4/c1-8-15-29(24(32)13-14-25(33)34-9-2)17-23(31)27-22-16-21(26(5,6)7)28-30(22)20-12-10-11-18(3)19(20)4/h10-12,16H,8-9,13-15,17H2,1-7H3,(H,27,31). The van der Waals surface area contributed by atoms with E-state index in [1.807, 2.05) is 45.0 Å². The Balaban J connectivity index is 2.24. The van der Waals surface area contributed by atoms with Crippen molar-refractivity contribution in [3.05, 3.63) is 41.1 Å². The normalized spacial score (nSPS) is 11.3. The topological polar surface area (TPSA) is 93.5 Å². The molecule has 34 heavy (non-hydrogen) atoms. The predicted octanol–water partition coefficient (Wildman–Crippen LogP) is 4.31. The summed E-state index contributed by atoms with van der Waals surface area (Å²) >= 11 is 0. The molecule has 2 rings (SSSR count). The molecule has 0 atom stereocenters. The third-order valence-electron chi connectivity index (χ3n) is 5.58. The number of hydrogen-bond donors (Lipinski definition) is 1. The van der Waals surface area contributed by atoms with Crippen LogP contribution in [0.1, 0.15) is 70.7 Å². The van der Waals surface area contributed by atoms with Crippen LogP contribution >= 0.6 is 0 Å². The van der Waals surface area contributed by atoms with Crippen molar-refractivity contribution in [3.8, 4) is 5.69 Å². The minimum atomic E-state index is -0.413. The number of aryl methyl sites for hydroxylation is 1. The molecule has 8 heteroatoms. The van der Waals surface area contributed by atoms with E-state index in [1.54, 1.807) is 11.6 Å². The van der Waals surface area contributed by atoms with Crippen molar-refractivity contribution >= 4 is 23.6 Å². The summed E-state index contributed by atoms with van der Waals surface area (Å²) in [6.07, 6.45) is 0.719. The molecular formula is C26H38N4O4. The fourth-order valence-corrected chi connectivity index (χ4v) is 3.50. The van der Waals surface area contributed by atoms with Gasteiger partial charge in [-0.1, -0.05) is 39.8 Å². The van der Waals surface area contributed by atoms with Crippen molar-refractivity contribution in [2.24, 2.45) is 0 Å². The zero-order valence-electron chi connectivity index (χ0n) is 21.5. The molecule has 1 heterocycles. The zero-order chi connectivity index (χ0) is 25.5. The fourth-order valence-electron chi connectivity index (χ4n) is 3.50. The van der Waals surface area contributed by atoms with E-state index in [-0.39, 0.29) is 43.2 Å². The molecule has 0 bridgehead atoms. The number of nitrogens with zero attached hydrogens (tertiary/aromatic N) is 3. The number of carbonyl (C=O) groups is 3. The third kappa shape index (κ3) is 7.17. The lowest BCUT2D eigenvalue weighted by molar-refractivity contribution is -0.145. The van der Waals surface area contributed by atoms with Gasteiger partial charge < -0.3 is 15.0 Å². The highest BCUT2D eigenvalue weighted by atomic mass is 16.5. The highest BCUT2D eigenvalue weighted by molar-refractivity contribution is 5.94. The van der Waals surface area contributed by atoms with Gasteiger partial charge in [0.05, 0.1) is 31.0 Å². The number of hydrogen-bond acceptors (Lipinski definition) is 5. The molecule has 2 amide bonds. The lowest BCUT2D eigenvalue weighted by Crippen LogP contribution is -2.39. The lowest BCUT2D eigenvalue weighted by Gasteiger charge is -2.21. The van der Waals surface area contributed by atoms with E-state index in [1.165, 1.54) is 4.90 Å². The van der Waals surface area contributed by atoms with Gasteiger partial charge in [0.15, 0.2) is 0 Å². The van der Waals surface area contributed by atoms with E-state index in [0.717, 1.165) is 22.5 Å². The Hall–Kier alpha value is -3.16. The molecule has 0 saturated heterocycles. The molecule has 1 N–H and O–H groups in total. The van der Waals surface area contributed by atoms with Crippen LogP contribution in [-0.4, -0.2) is 52.2 Å². The Bertz CT molecular complexity index is 1020. The van der Waals surface area contributed by atoms with E-state index in [2.05, 4.69) is 26.1 Å². The molecule has 0 aliphatic heterocycles. The van der Waals surface area contributed by atoms with E-state index in [4.69, 9.17) is 9.84 Å². The highest BCUT2D eigenvalue weighted by Crippen LogP contribution is 2.28. The molecule has 0 fully saturated rings. The Morgan fingerprint density at radius 3 is 2.44 bits per heavy atom. The number of aromatic nitrogens is 2. The average molecular weight is 471 g/mol. The summed E-state index contributed by atoms with van der Waals surface area (Å²) in [5.74, 6) is -0.420. The maximum absolute atomic E-state index is 13.0. The molecule has 2 aromatic rings. The summed E-state index contributed by atoms with van der Waals surface area (Å²) < 4.78 is 6.65. The minimum absolute atomic E-state index is 0.00283. The summed E-state index contributed by atoms with van der Waals surface area (Å²) in [7, 11) is 0. The molecule has 1 aromatic carbocycles. The Labute approximate surface area is 202 Å². The number of benzene rings is 1. The summed E-state index contributed by atoms with van der Waals surface area (Å²) in [4.78, 5) is 38.8. The van der Waals surface area contributed by atoms with Crippen molar-refractivity contribution in [2.75, 3.05) is 25.0 Å². The second-order valence-electron chi connectivity index (χ2n) is 9.46. The first-order valence-electron chi connectivity index (χ1n) is 11.9. The van der Waals surface area contributed by atoms with Crippen molar-refractivity contribution in [2.45, 2.75) is 73.1 Å². The Morgan fingerprint density at radius 2 is 1.82 bits per heavy atom. The SMILES string of the molecule is CCCN(CC(=O)Nc1cc(C(C)(C)C)nn1-c1cccc(C)c1C)C(=O)CCC(=O)OCC. The van der Waals surface area contributed by atoms with E-state index >= 15 is 0 Å². The Kier molecular flexibility index (Phi) is 9.41. The minimum Gasteiger partial charge on any atom is -0.466 e. The third-order valence-corrected chi connectivity index (χ3v) is 5.58. The summed E-state index contributed by atoms with van der Waals surface area (Å²) in [5.41, 5.74) is 3.73. The van der Waals surface area contributed by atoms with Gasteiger partial charge >= 0.3 is 5.97 Å². The number of amides is 2. The largest absolute Gasteiger partial charge is 0.466 e. The van der Waals surface area contributed by atoms with Gasteiger partial charge in [-0.2, -0.15) is 5.10 Å². The Morgan fingerprint density at radius 1 is 1.12 bits per heavy atom. The average Bonchev–Trinajstić information content (AvgIpc) is 3.17. The van der Waals surface area contributed by atoms with Crippen LogP contribution < -0.4 is 5.32 Å². The number of rotatable bonds is 10. The number of esters is 1. The number of anilines is 1. The van der Waals surface area contributed by atoms with Crippen LogP contribution in [-0.2, 0) is 24.5 Å². The van der Waals surface area contributed by atoms with Crippen molar-refractivity contribution in [1.29, 1.82) is 0 Å². The fraction of sp³-hybridized carbons (Fsp3) is 0.538.